The minimum absolute atomic E-state index is 0.0278. The second kappa shape index (κ2) is 8.59. The van der Waals surface area contributed by atoms with E-state index in [0.29, 0.717) is 62.8 Å². The molecule has 7 nitrogen and oxygen atoms in total. The molecule has 1 spiro atoms. The number of aromatic nitrogens is 2. The van der Waals surface area contributed by atoms with Gasteiger partial charge in [-0.15, -0.1) is 0 Å². The molecule has 0 aliphatic carbocycles. The summed E-state index contributed by atoms with van der Waals surface area (Å²) in [6.07, 6.45) is 3.27. The van der Waals surface area contributed by atoms with Crippen molar-refractivity contribution in [3.05, 3.63) is 36.0 Å². The third-order valence-electron chi connectivity index (χ3n) is 5.52. The predicted octanol–water partition coefficient (Wildman–Crippen LogP) is 2.99. The number of benzene rings is 1. The number of rotatable bonds is 5. The SMILES string of the molecule is CC1CN(C(=O)CCCc2nc(-c3ccc(F)cc3)no2)CC2(CCOCC2)O1. The quantitative estimate of drug-likeness (QED) is 0.764. The van der Waals surface area contributed by atoms with Gasteiger partial charge >= 0.3 is 0 Å². The molecule has 2 saturated heterocycles. The second-order valence-electron chi connectivity index (χ2n) is 7.87. The number of nitrogens with zero attached hydrogens (tertiary/aromatic N) is 3. The zero-order valence-corrected chi connectivity index (χ0v) is 16.6. The number of morpholine rings is 1. The highest BCUT2D eigenvalue weighted by molar-refractivity contribution is 5.76. The summed E-state index contributed by atoms with van der Waals surface area (Å²) in [5, 5.41) is 3.94. The number of carbonyl (C=O) groups is 1. The summed E-state index contributed by atoms with van der Waals surface area (Å²) in [7, 11) is 0. The molecule has 0 saturated carbocycles. The molecule has 1 aromatic carbocycles. The van der Waals surface area contributed by atoms with E-state index in [-0.39, 0.29) is 23.4 Å². The molecule has 2 aliphatic rings. The monoisotopic (exact) mass is 403 g/mol. The molecule has 2 aliphatic heterocycles. The van der Waals surface area contributed by atoms with Crippen LogP contribution in [0.3, 0.4) is 0 Å². The van der Waals surface area contributed by atoms with Crippen molar-refractivity contribution >= 4 is 5.91 Å². The van der Waals surface area contributed by atoms with Gasteiger partial charge in [0.25, 0.3) is 0 Å². The van der Waals surface area contributed by atoms with Gasteiger partial charge in [0, 0.05) is 57.6 Å². The number of carbonyl (C=O) groups excluding carboxylic acids is 1. The van der Waals surface area contributed by atoms with Gasteiger partial charge < -0.3 is 18.9 Å². The highest BCUT2D eigenvalue weighted by Crippen LogP contribution is 2.31. The van der Waals surface area contributed by atoms with E-state index in [2.05, 4.69) is 10.1 Å². The molecule has 29 heavy (non-hydrogen) atoms. The minimum Gasteiger partial charge on any atom is -0.381 e. The Morgan fingerprint density at radius 1 is 1.28 bits per heavy atom. The van der Waals surface area contributed by atoms with Gasteiger partial charge in [0.1, 0.15) is 5.82 Å². The molecule has 3 heterocycles. The first-order valence-corrected chi connectivity index (χ1v) is 10.1. The van der Waals surface area contributed by atoms with Crippen molar-refractivity contribution in [1.29, 1.82) is 0 Å². The molecular formula is C21H26FN3O4. The van der Waals surface area contributed by atoms with Gasteiger partial charge in [0.05, 0.1) is 11.7 Å². The van der Waals surface area contributed by atoms with Crippen LogP contribution in [0.1, 0.15) is 38.5 Å². The van der Waals surface area contributed by atoms with Crippen molar-refractivity contribution in [2.75, 3.05) is 26.3 Å². The van der Waals surface area contributed by atoms with Gasteiger partial charge in [0.2, 0.25) is 17.6 Å². The lowest BCUT2D eigenvalue weighted by molar-refractivity contribution is -0.189. The number of amides is 1. The summed E-state index contributed by atoms with van der Waals surface area (Å²) in [6.45, 7) is 4.64. The average molecular weight is 403 g/mol. The molecule has 1 aromatic heterocycles. The van der Waals surface area contributed by atoms with Gasteiger partial charge in [-0.25, -0.2) is 4.39 Å². The number of halogens is 1. The Labute approximate surface area is 169 Å². The van der Waals surface area contributed by atoms with Crippen LogP contribution in [0.15, 0.2) is 28.8 Å². The van der Waals surface area contributed by atoms with Crippen molar-refractivity contribution in [2.45, 2.75) is 50.7 Å². The Hall–Kier alpha value is -2.32. The lowest BCUT2D eigenvalue weighted by atomic mass is 9.91. The van der Waals surface area contributed by atoms with Gasteiger partial charge in [-0.05, 0) is 37.6 Å². The molecule has 0 radical (unpaired) electrons. The molecular weight excluding hydrogens is 377 g/mol. The van der Waals surface area contributed by atoms with E-state index < -0.39 is 0 Å². The molecule has 1 amide bonds. The van der Waals surface area contributed by atoms with E-state index in [9.17, 15) is 9.18 Å². The van der Waals surface area contributed by atoms with Gasteiger partial charge in [-0.1, -0.05) is 5.16 Å². The Balaban J connectivity index is 1.29. The summed E-state index contributed by atoms with van der Waals surface area (Å²) in [6, 6.07) is 5.94. The third kappa shape index (κ3) is 4.82. The molecule has 156 valence electrons. The van der Waals surface area contributed by atoms with E-state index in [1.165, 1.54) is 12.1 Å². The van der Waals surface area contributed by atoms with Crippen molar-refractivity contribution in [3.63, 3.8) is 0 Å². The first-order chi connectivity index (χ1) is 14.0. The van der Waals surface area contributed by atoms with Crippen molar-refractivity contribution in [1.82, 2.24) is 15.0 Å². The topological polar surface area (TPSA) is 77.7 Å². The van der Waals surface area contributed by atoms with Crippen molar-refractivity contribution < 1.29 is 23.2 Å². The maximum atomic E-state index is 13.0. The summed E-state index contributed by atoms with van der Waals surface area (Å²) in [4.78, 5) is 19.0. The van der Waals surface area contributed by atoms with Crippen LogP contribution in [-0.4, -0.2) is 59.0 Å². The van der Waals surface area contributed by atoms with Crippen LogP contribution in [0.4, 0.5) is 4.39 Å². The Morgan fingerprint density at radius 2 is 2.03 bits per heavy atom. The van der Waals surface area contributed by atoms with Crippen LogP contribution in [0, 0.1) is 5.82 Å². The second-order valence-corrected chi connectivity index (χ2v) is 7.87. The molecule has 0 N–H and O–H groups in total. The van der Waals surface area contributed by atoms with Crippen LogP contribution in [0.25, 0.3) is 11.4 Å². The zero-order chi connectivity index (χ0) is 20.3. The van der Waals surface area contributed by atoms with Crippen LogP contribution in [0.5, 0.6) is 0 Å². The Bertz CT molecular complexity index is 833. The molecule has 1 atom stereocenters. The molecule has 2 fully saturated rings. The van der Waals surface area contributed by atoms with Crippen LogP contribution in [0.2, 0.25) is 0 Å². The van der Waals surface area contributed by atoms with Gasteiger partial charge in [-0.2, -0.15) is 4.98 Å². The molecule has 1 unspecified atom stereocenters. The van der Waals surface area contributed by atoms with Crippen LogP contribution in [-0.2, 0) is 20.7 Å². The number of hydrogen-bond acceptors (Lipinski definition) is 6. The molecule has 8 heteroatoms. The Kier molecular flexibility index (Phi) is 5.91. The fourth-order valence-electron chi connectivity index (χ4n) is 4.06. The first-order valence-electron chi connectivity index (χ1n) is 10.1. The maximum absolute atomic E-state index is 13.0. The van der Waals surface area contributed by atoms with E-state index in [4.69, 9.17) is 14.0 Å². The maximum Gasteiger partial charge on any atom is 0.226 e. The highest BCUT2D eigenvalue weighted by Gasteiger charge is 2.41. The predicted molar refractivity (Wildman–Crippen MR) is 103 cm³/mol. The first kappa shape index (κ1) is 20.0. The fraction of sp³-hybridized carbons (Fsp3) is 0.571. The number of hydrogen-bond donors (Lipinski definition) is 0. The van der Waals surface area contributed by atoms with Crippen molar-refractivity contribution in [3.8, 4) is 11.4 Å². The number of ether oxygens (including phenoxy) is 2. The molecule has 0 bridgehead atoms. The van der Waals surface area contributed by atoms with E-state index >= 15 is 0 Å². The zero-order valence-electron chi connectivity index (χ0n) is 16.6. The largest absolute Gasteiger partial charge is 0.381 e. The van der Waals surface area contributed by atoms with E-state index in [1.807, 2.05) is 11.8 Å². The summed E-state index contributed by atoms with van der Waals surface area (Å²) >= 11 is 0. The van der Waals surface area contributed by atoms with Crippen molar-refractivity contribution in [2.24, 2.45) is 0 Å². The lowest BCUT2D eigenvalue weighted by Gasteiger charge is -2.47. The Morgan fingerprint density at radius 3 is 2.79 bits per heavy atom. The normalized spacial score (nSPS) is 21.4. The molecule has 2 aromatic rings. The third-order valence-corrected chi connectivity index (χ3v) is 5.52. The fourth-order valence-corrected chi connectivity index (χ4v) is 4.06. The highest BCUT2D eigenvalue weighted by atomic mass is 19.1. The average Bonchev–Trinajstić information content (AvgIpc) is 3.17. The minimum atomic E-state index is -0.309. The summed E-state index contributed by atoms with van der Waals surface area (Å²) < 4.78 is 29.9. The number of aryl methyl sites for hydroxylation is 1. The van der Waals surface area contributed by atoms with E-state index in [1.54, 1.807) is 12.1 Å². The molecule has 4 rings (SSSR count). The standard InChI is InChI=1S/C21H26FN3O4/c1-15-13-25(14-21(28-15)9-11-27-12-10-21)19(26)4-2-3-18-23-20(24-29-18)16-5-7-17(22)8-6-16/h5-8,15H,2-4,9-14H2,1H3. The van der Waals surface area contributed by atoms with E-state index in [0.717, 1.165) is 12.8 Å². The summed E-state index contributed by atoms with van der Waals surface area (Å²) in [5.74, 6) is 0.725. The smallest absolute Gasteiger partial charge is 0.226 e. The lowest BCUT2D eigenvalue weighted by Crippen LogP contribution is -2.58. The summed E-state index contributed by atoms with van der Waals surface area (Å²) in [5.41, 5.74) is 0.434. The van der Waals surface area contributed by atoms with Gasteiger partial charge in [-0.3, -0.25) is 4.79 Å². The van der Waals surface area contributed by atoms with Crippen LogP contribution < -0.4 is 0 Å². The van der Waals surface area contributed by atoms with Gasteiger partial charge in [0.15, 0.2) is 0 Å². The van der Waals surface area contributed by atoms with Crippen LogP contribution >= 0.6 is 0 Å².